The van der Waals surface area contributed by atoms with Crippen LogP contribution < -0.4 is 0 Å². The molecule has 1 N–H and O–H groups in total. The third-order valence-corrected chi connectivity index (χ3v) is 2.97. The van der Waals surface area contributed by atoms with Crippen molar-refractivity contribution in [2.75, 3.05) is 0 Å². The first kappa shape index (κ1) is 12.3. The van der Waals surface area contributed by atoms with E-state index in [1.165, 1.54) is 0 Å². The van der Waals surface area contributed by atoms with Crippen LogP contribution in [0.1, 0.15) is 10.6 Å². The van der Waals surface area contributed by atoms with Gasteiger partial charge in [-0.1, -0.05) is 30.3 Å². The number of benzene rings is 2. The number of hydrogen-bond donors (Lipinski definition) is 1. The van der Waals surface area contributed by atoms with E-state index in [-0.39, 0.29) is 16.5 Å². The van der Waals surface area contributed by atoms with Gasteiger partial charge in [-0.3, -0.25) is 0 Å². The second kappa shape index (κ2) is 4.45. The van der Waals surface area contributed by atoms with Gasteiger partial charge < -0.3 is 9.52 Å². The minimum absolute atomic E-state index is 0.103. The van der Waals surface area contributed by atoms with E-state index in [1.807, 2.05) is 0 Å². The highest BCUT2D eigenvalue weighted by molar-refractivity contribution is 6.05. The molecular formula is C15H8F2O3. The van der Waals surface area contributed by atoms with Crippen molar-refractivity contribution in [1.82, 2.24) is 0 Å². The van der Waals surface area contributed by atoms with Gasteiger partial charge >= 0.3 is 5.97 Å². The molecule has 100 valence electrons. The smallest absolute Gasteiger partial charge is 0.372 e. The highest BCUT2D eigenvalue weighted by Gasteiger charge is 2.23. The lowest BCUT2D eigenvalue weighted by atomic mass is 10.0. The van der Waals surface area contributed by atoms with Crippen LogP contribution in [0, 0.1) is 11.6 Å². The van der Waals surface area contributed by atoms with Gasteiger partial charge in [0.2, 0.25) is 5.76 Å². The molecule has 3 rings (SSSR count). The molecular weight excluding hydrogens is 266 g/mol. The Balaban J connectivity index is 2.44. The molecule has 3 nitrogen and oxygen atoms in total. The molecule has 0 unspecified atom stereocenters. The van der Waals surface area contributed by atoms with Gasteiger partial charge in [-0.25, -0.2) is 13.6 Å². The summed E-state index contributed by atoms with van der Waals surface area (Å²) in [6, 6.07) is 10.2. The fraction of sp³-hybridized carbons (Fsp3) is 0. The third-order valence-electron chi connectivity index (χ3n) is 2.97. The Bertz CT molecular complexity index is 807. The van der Waals surface area contributed by atoms with Gasteiger partial charge in [0.25, 0.3) is 0 Å². The molecule has 0 fully saturated rings. The summed E-state index contributed by atoms with van der Waals surface area (Å²) >= 11 is 0. The number of fused-ring (bicyclic) bond motifs is 1. The first-order valence-corrected chi connectivity index (χ1v) is 5.78. The zero-order chi connectivity index (χ0) is 14.3. The number of hydrogen-bond acceptors (Lipinski definition) is 2. The minimum Gasteiger partial charge on any atom is -0.475 e. The van der Waals surface area contributed by atoms with Crippen molar-refractivity contribution in [1.29, 1.82) is 0 Å². The summed E-state index contributed by atoms with van der Waals surface area (Å²) < 4.78 is 32.1. The summed E-state index contributed by atoms with van der Waals surface area (Å²) in [5.41, 5.74) is 0.433. The third kappa shape index (κ3) is 1.84. The number of aromatic carboxylic acids is 1. The molecule has 0 aliphatic carbocycles. The molecule has 2 aromatic carbocycles. The van der Waals surface area contributed by atoms with Crippen LogP contribution in [0.15, 0.2) is 46.9 Å². The normalized spacial score (nSPS) is 10.9. The highest BCUT2D eigenvalue weighted by Crippen LogP contribution is 2.36. The largest absolute Gasteiger partial charge is 0.475 e. The van der Waals surface area contributed by atoms with Gasteiger partial charge in [0.05, 0.1) is 0 Å². The van der Waals surface area contributed by atoms with Gasteiger partial charge in [-0.2, -0.15) is 0 Å². The fourth-order valence-electron chi connectivity index (χ4n) is 2.17. The van der Waals surface area contributed by atoms with E-state index < -0.39 is 23.4 Å². The molecule has 3 aromatic rings. The molecule has 0 bridgehead atoms. The van der Waals surface area contributed by atoms with Crippen LogP contribution in [-0.2, 0) is 0 Å². The molecule has 0 spiro atoms. The summed E-state index contributed by atoms with van der Waals surface area (Å²) in [5, 5.41) is 9.28. The van der Waals surface area contributed by atoms with Crippen molar-refractivity contribution in [3.63, 3.8) is 0 Å². The first-order chi connectivity index (χ1) is 9.58. The number of carbonyl (C=O) groups is 1. The van der Waals surface area contributed by atoms with E-state index in [1.54, 1.807) is 30.3 Å². The molecule has 0 amide bonds. The predicted molar refractivity (Wildman–Crippen MR) is 68.5 cm³/mol. The van der Waals surface area contributed by atoms with Crippen LogP contribution >= 0.6 is 0 Å². The molecule has 1 aromatic heterocycles. The molecule has 0 atom stereocenters. The number of carboxylic acid groups (broad SMARTS) is 1. The second-order valence-corrected chi connectivity index (χ2v) is 4.24. The maximum atomic E-state index is 13.7. The van der Waals surface area contributed by atoms with Crippen LogP contribution in [0.2, 0.25) is 0 Å². The lowest BCUT2D eigenvalue weighted by Crippen LogP contribution is -1.95. The van der Waals surface area contributed by atoms with Crippen LogP contribution in [-0.4, -0.2) is 11.1 Å². The van der Waals surface area contributed by atoms with Gasteiger partial charge in [0, 0.05) is 17.0 Å². The minimum atomic E-state index is -1.33. The number of carboxylic acids is 1. The zero-order valence-electron chi connectivity index (χ0n) is 10.1. The Morgan fingerprint density at radius 2 is 1.80 bits per heavy atom. The topological polar surface area (TPSA) is 50.4 Å². The molecule has 0 aliphatic heterocycles. The highest BCUT2D eigenvalue weighted by atomic mass is 19.1. The first-order valence-electron chi connectivity index (χ1n) is 5.78. The van der Waals surface area contributed by atoms with Gasteiger partial charge in [0.1, 0.15) is 5.82 Å². The molecule has 5 heteroatoms. The molecule has 0 aliphatic rings. The van der Waals surface area contributed by atoms with E-state index in [0.29, 0.717) is 11.6 Å². The van der Waals surface area contributed by atoms with E-state index in [4.69, 9.17) is 4.42 Å². The van der Waals surface area contributed by atoms with E-state index in [2.05, 4.69) is 0 Å². The SMILES string of the molecule is O=C(O)c1oc2c(F)cc(F)cc2c1-c1ccccc1. The Morgan fingerprint density at radius 1 is 1.10 bits per heavy atom. The van der Waals surface area contributed by atoms with Crippen LogP contribution in [0.4, 0.5) is 8.78 Å². The maximum Gasteiger partial charge on any atom is 0.372 e. The van der Waals surface area contributed by atoms with Crippen molar-refractivity contribution in [2.24, 2.45) is 0 Å². The van der Waals surface area contributed by atoms with Crippen molar-refractivity contribution in [2.45, 2.75) is 0 Å². The predicted octanol–water partition coefficient (Wildman–Crippen LogP) is 4.08. The van der Waals surface area contributed by atoms with Crippen LogP contribution in [0.3, 0.4) is 0 Å². The Morgan fingerprint density at radius 3 is 2.45 bits per heavy atom. The Kier molecular flexibility index (Phi) is 2.75. The van der Waals surface area contributed by atoms with E-state index in [9.17, 15) is 18.7 Å². The summed E-state index contributed by atoms with van der Waals surface area (Å²) in [6.07, 6.45) is 0. The number of furan rings is 1. The standard InChI is InChI=1S/C15H8F2O3/c16-9-6-10-12(8-4-2-1-3-5-8)14(15(18)19)20-13(10)11(17)7-9/h1-7H,(H,18,19). The zero-order valence-corrected chi connectivity index (χ0v) is 10.1. The Labute approximate surface area is 112 Å². The summed E-state index contributed by atoms with van der Waals surface area (Å²) in [7, 11) is 0. The summed E-state index contributed by atoms with van der Waals surface area (Å²) in [6.45, 7) is 0. The van der Waals surface area contributed by atoms with Gasteiger partial charge in [-0.05, 0) is 11.6 Å². The van der Waals surface area contributed by atoms with Crippen molar-refractivity contribution < 1.29 is 23.1 Å². The number of halogens is 2. The average molecular weight is 274 g/mol. The van der Waals surface area contributed by atoms with Gasteiger partial charge in [-0.15, -0.1) is 0 Å². The van der Waals surface area contributed by atoms with Crippen molar-refractivity contribution in [3.8, 4) is 11.1 Å². The monoisotopic (exact) mass is 274 g/mol. The lowest BCUT2D eigenvalue weighted by molar-refractivity contribution is 0.0666. The maximum absolute atomic E-state index is 13.7. The quantitative estimate of drug-likeness (QED) is 0.766. The molecule has 0 saturated heterocycles. The second-order valence-electron chi connectivity index (χ2n) is 4.24. The molecule has 20 heavy (non-hydrogen) atoms. The van der Waals surface area contributed by atoms with Gasteiger partial charge in [0.15, 0.2) is 11.4 Å². The molecule has 0 saturated carbocycles. The van der Waals surface area contributed by atoms with E-state index in [0.717, 1.165) is 6.07 Å². The summed E-state index contributed by atoms with van der Waals surface area (Å²) in [4.78, 5) is 11.3. The molecule has 0 radical (unpaired) electrons. The van der Waals surface area contributed by atoms with Crippen molar-refractivity contribution in [3.05, 3.63) is 59.9 Å². The fourth-order valence-corrected chi connectivity index (χ4v) is 2.17. The average Bonchev–Trinajstić information content (AvgIpc) is 2.79. The summed E-state index contributed by atoms with van der Waals surface area (Å²) in [5.74, 6) is -3.45. The molecule has 1 heterocycles. The van der Waals surface area contributed by atoms with E-state index >= 15 is 0 Å². The van der Waals surface area contributed by atoms with Crippen LogP contribution in [0.25, 0.3) is 22.1 Å². The lowest BCUT2D eigenvalue weighted by Gasteiger charge is -2.00. The van der Waals surface area contributed by atoms with Crippen molar-refractivity contribution >= 4 is 16.9 Å². The number of rotatable bonds is 2. The van der Waals surface area contributed by atoms with Crippen LogP contribution in [0.5, 0.6) is 0 Å². The Hall–Kier alpha value is -2.69.